The van der Waals surface area contributed by atoms with Gasteiger partial charge in [-0.25, -0.2) is 0 Å². The SMILES string of the molecule is N#Cc1ccc(SCc2ccccc2Cl)cc1[N+](=O)[O-]. The molecule has 0 unspecified atom stereocenters. The molecule has 0 bridgehead atoms. The molecule has 0 aromatic heterocycles. The second-order valence-electron chi connectivity index (χ2n) is 3.93. The van der Waals surface area contributed by atoms with Gasteiger partial charge in [-0.2, -0.15) is 5.26 Å². The number of thioether (sulfide) groups is 1. The third-order valence-electron chi connectivity index (χ3n) is 2.64. The van der Waals surface area contributed by atoms with E-state index in [0.717, 1.165) is 10.5 Å². The zero-order valence-corrected chi connectivity index (χ0v) is 11.8. The number of nitro benzene ring substituents is 1. The number of hydrogen-bond donors (Lipinski definition) is 0. The molecule has 2 rings (SSSR count). The minimum atomic E-state index is -0.544. The van der Waals surface area contributed by atoms with Gasteiger partial charge < -0.3 is 0 Å². The van der Waals surface area contributed by atoms with Gasteiger partial charge in [0.15, 0.2) is 0 Å². The van der Waals surface area contributed by atoms with E-state index in [1.165, 1.54) is 23.9 Å². The predicted octanol–water partition coefficient (Wildman–Crippen LogP) is 4.41. The van der Waals surface area contributed by atoms with E-state index in [4.69, 9.17) is 16.9 Å². The van der Waals surface area contributed by atoms with Crippen LogP contribution in [0.2, 0.25) is 5.02 Å². The van der Waals surface area contributed by atoms with Crippen molar-refractivity contribution < 1.29 is 4.92 Å². The molecule has 6 heteroatoms. The summed E-state index contributed by atoms with van der Waals surface area (Å²) in [6, 6.07) is 13.9. The van der Waals surface area contributed by atoms with Crippen molar-refractivity contribution in [1.29, 1.82) is 5.26 Å². The molecule has 4 nitrogen and oxygen atoms in total. The standard InChI is InChI=1S/C14H9ClN2O2S/c15-13-4-2-1-3-11(13)9-20-12-6-5-10(8-16)14(7-12)17(18)19/h1-7H,9H2. The van der Waals surface area contributed by atoms with Crippen LogP contribution in [-0.4, -0.2) is 4.92 Å². The Labute approximate surface area is 125 Å². The van der Waals surface area contributed by atoms with E-state index in [1.807, 2.05) is 24.3 Å². The molecule has 0 amide bonds. The molecule has 0 radical (unpaired) electrons. The minimum Gasteiger partial charge on any atom is -0.258 e. The lowest BCUT2D eigenvalue weighted by Crippen LogP contribution is -1.92. The zero-order valence-electron chi connectivity index (χ0n) is 10.2. The van der Waals surface area contributed by atoms with Gasteiger partial charge in [-0.05, 0) is 23.8 Å². The van der Waals surface area contributed by atoms with Gasteiger partial charge in [-0.3, -0.25) is 10.1 Å². The summed E-state index contributed by atoms with van der Waals surface area (Å²) in [7, 11) is 0. The van der Waals surface area contributed by atoms with Gasteiger partial charge in [0.25, 0.3) is 5.69 Å². The van der Waals surface area contributed by atoms with E-state index < -0.39 is 4.92 Å². The second kappa shape index (κ2) is 6.42. The molecule has 0 aliphatic carbocycles. The van der Waals surface area contributed by atoms with Crippen molar-refractivity contribution in [3.8, 4) is 6.07 Å². The van der Waals surface area contributed by atoms with Gasteiger partial charge >= 0.3 is 0 Å². The fraction of sp³-hybridized carbons (Fsp3) is 0.0714. The lowest BCUT2D eigenvalue weighted by molar-refractivity contribution is -0.385. The summed E-state index contributed by atoms with van der Waals surface area (Å²) < 4.78 is 0. The molecule has 0 heterocycles. The van der Waals surface area contributed by atoms with Crippen LogP contribution in [-0.2, 0) is 5.75 Å². The van der Waals surface area contributed by atoms with Crippen molar-refractivity contribution in [3.63, 3.8) is 0 Å². The molecule has 0 atom stereocenters. The van der Waals surface area contributed by atoms with E-state index in [-0.39, 0.29) is 11.3 Å². The Kier molecular flexibility index (Phi) is 4.61. The quantitative estimate of drug-likeness (QED) is 0.476. The maximum absolute atomic E-state index is 10.9. The molecule has 0 aliphatic heterocycles. The summed E-state index contributed by atoms with van der Waals surface area (Å²) in [5.74, 6) is 0.614. The normalized spacial score (nSPS) is 10.0. The fourth-order valence-corrected chi connectivity index (χ4v) is 2.84. The van der Waals surface area contributed by atoms with Crippen molar-refractivity contribution in [2.45, 2.75) is 10.6 Å². The molecule has 2 aromatic carbocycles. The van der Waals surface area contributed by atoms with Gasteiger partial charge in [0.1, 0.15) is 11.6 Å². The first-order valence-electron chi connectivity index (χ1n) is 5.66. The van der Waals surface area contributed by atoms with Crippen molar-refractivity contribution in [1.82, 2.24) is 0 Å². The second-order valence-corrected chi connectivity index (χ2v) is 5.38. The van der Waals surface area contributed by atoms with Gasteiger partial charge in [0.05, 0.1) is 4.92 Å². The first kappa shape index (κ1) is 14.4. The zero-order chi connectivity index (χ0) is 14.5. The van der Waals surface area contributed by atoms with Crippen LogP contribution < -0.4 is 0 Å². The van der Waals surface area contributed by atoms with E-state index in [9.17, 15) is 10.1 Å². The lowest BCUT2D eigenvalue weighted by Gasteiger charge is -2.04. The van der Waals surface area contributed by atoms with Gasteiger partial charge in [0.2, 0.25) is 0 Å². The Morgan fingerprint density at radius 2 is 2.05 bits per heavy atom. The van der Waals surface area contributed by atoms with Gasteiger partial charge in [0, 0.05) is 21.7 Å². The lowest BCUT2D eigenvalue weighted by atomic mass is 10.2. The molecule has 0 N–H and O–H groups in total. The summed E-state index contributed by atoms with van der Waals surface area (Å²) in [5.41, 5.74) is 0.861. The molecular formula is C14H9ClN2O2S. The van der Waals surface area contributed by atoms with Crippen LogP contribution in [0.15, 0.2) is 47.4 Å². The van der Waals surface area contributed by atoms with Crippen LogP contribution in [0.5, 0.6) is 0 Å². The summed E-state index contributed by atoms with van der Waals surface area (Å²) >= 11 is 7.50. The van der Waals surface area contributed by atoms with Gasteiger partial charge in [-0.1, -0.05) is 29.8 Å². The van der Waals surface area contributed by atoms with Gasteiger partial charge in [-0.15, -0.1) is 11.8 Å². The fourth-order valence-electron chi connectivity index (χ4n) is 1.62. The summed E-state index contributed by atoms with van der Waals surface area (Å²) in [4.78, 5) is 11.1. The first-order chi connectivity index (χ1) is 9.61. The van der Waals surface area contributed by atoms with Crippen LogP contribution in [0.3, 0.4) is 0 Å². The van der Waals surface area contributed by atoms with Crippen LogP contribution >= 0.6 is 23.4 Å². The Morgan fingerprint density at radius 3 is 2.70 bits per heavy atom. The highest BCUT2D eigenvalue weighted by atomic mass is 35.5. The maximum Gasteiger partial charge on any atom is 0.288 e. The number of nitro groups is 1. The summed E-state index contributed by atoms with van der Waals surface area (Å²) in [6.07, 6.45) is 0. The topological polar surface area (TPSA) is 66.9 Å². The predicted molar refractivity (Wildman–Crippen MR) is 78.8 cm³/mol. The van der Waals surface area contributed by atoms with E-state index in [0.29, 0.717) is 10.8 Å². The third kappa shape index (κ3) is 3.29. The maximum atomic E-state index is 10.9. The highest BCUT2D eigenvalue weighted by Crippen LogP contribution is 2.30. The molecule has 0 aliphatic rings. The Hall–Kier alpha value is -2.03. The van der Waals surface area contributed by atoms with Crippen LogP contribution in [0.25, 0.3) is 0 Å². The number of nitrogens with zero attached hydrogens (tertiary/aromatic N) is 2. The highest BCUT2D eigenvalue weighted by Gasteiger charge is 2.14. The number of halogens is 1. The Morgan fingerprint density at radius 1 is 1.30 bits per heavy atom. The molecule has 0 saturated heterocycles. The summed E-state index contributed by atoms with van der Waals surface area (Å²) in [5, 5.41) is 20.4. The molecule has 0 fully saturated rings. The monoisotopic (exact) mass is 304 g/mol. The number of hydrogen-bond acceptors (Lipinski definition) is 4. The number of rotatable bonds is 4. The van der Waals surface area contributed by atoms with E-state index >= 15 is 0 Å². The highest BCUT2D eigenvalue weighted by molar-refractivity contribution is 7.98. The molecular weight excluding hydrogens is 296 g/mol. The Bertz CT molecular complexity index is 698. The minimum absolute atomic E-state index is 0.0668. The smallest absolute Gasteiger partial charge is 0.258 e. The average Bonchev–Trinajstić information content (AvgIpc) is 2.46. The average molecular weight is 305 g/mol. The van der Waals surface area contributed by atoms with E-state index in [2.05, 4.69) is 0 Å². The molecule has 0 saturated carbocycles. The van der Waals surface area contributed by atoms with E-state index in [1.54, 1.807) is 12.1 Å². The van der Waals surface area contributed by atoms with Crippen LogP contribution in [0, 0.1) is 21.4 Å². The molecule has 2 aromatic rings. The van der Waals surface area contributed by atoms with Crippen molar-refractivity contribution in [2.75, 3.05) is 0 Å². The third-order valence-corrected chi connectivity index (χ3v) is 4.05. The molecule has 20 heavy (non-hydrogen) atoms. The van der Waals surface area contributed by atoms with Crippen molar-refractivity contribution in [2.24, 2.45) is 0 Å². The largest absolute Gasteiger partial charge is 0.288 e. The van der Waals surface area contributed by atoms with Crippen LogP contribution in [0.1, 0.15) is 11.1 Å². The first-order valence-corrected chi connectivity index (χ1v) is 7.03. The molecule has 100 valence electrons. The number of benzene rings is 2. The molecule has 0 spiro atoms. The Balaban J connectivity index is 2.19. The van der Waals surface area contributed by atoms with Crippen molar-refractivity contribution >= 4 is 29.1 Å². The van der Waals surface area contributed by atoms with Crippen LogP contribution in [0.4, 0.5) is 5.69 Å². The number of nitriles is 1. The van der Waals surface area contributed by atoms with Crippen molar-refractivity contribution in [3.05, 3.63) is 68.7 Å². The summed E-state index contributed by atoms with van der Waals surface area (Å²) in [6.45, 7) is 0.